The van der Waals surface area contributed by atoms with Crippen LogP contribution in [0.4, 0.5) is 10.9 Å². The van der Waals surface area contributed by atoms with E-state index in [2.05, 4.69) is 24.5 Å². The van der Waals surface area contributed by atoms with Crippen LogP contribution in [0.15, 0.2) is 18.2 Å². The molecule has 1 aliphatic rings. The van der Waals surface area contributed by atoms with Gasteiger partial charge >= 0.3 is 0 Å². The van der Waals surface area contributed by atoms with Crippen LogP contribution in [0.1, 0.15) is 42.6 Å². The van der Waals surface area contributed by atoms with Gasteiger partial charge in [-0.2, -0.15) is 0 Å². The van der Waals surface area contributed by atoms with Crippen LogP contribution in [0.2, 0.25) is 0 Å². The van der Waals surface area contributed by atoms with Gasteiger partial charge < -0.3 is 15.4 Å². The first kappa shape index (κ1) is 16.4. The van der Waals surface area contributed by atoms with Crippen molar-refractivity contribution in [2.24, 2.45) is 0 Å². The van der Waals surface area contributed by atoms with Crippen molar-refractivity contribution in [3.8, 4) is 0 Å². The van der Waals surface area contributed by atoms with Gasteiger partial charge in [0.15, 0.2) is 5.13 Å². The minimum absolute atomic E-state index is 0.0312. The zero-order valence-corrected chi connectivity index (χ0v) is 14.6. The molecule has 2 aromatic rings. The third-order valence-corrected chi connectivity index (χ3v) is 5.01. The average Bonchev–Trinajstić information content (AvgIpc) is 2.98. The number of ether oxygens (including phenoxy) is 1. The van der Waals surface area contributed by atoms with Crippen LogP contribution >= 0.6 is 11.3 Å². The molecular formula is C17H24N4OS. The summed E-state index contributed by atoms with van der Waals surface area (Å²) in [5.74, 6) is 0.830. The predicted molar refractivity (Wildman–Crippen MR) is 94.6 cm³/mol. The Labute approximate surface area is 141 Å². The fourth-order valence-electron chi connectivity index (χ4n) is 2.71. The summed E-state index contributed by atoms with van der Waals surface area (Å²) in [6, 6.07) is 6.01. The van der Waals surface area contributed by atoms with Crippen LogP contribution in [0, 0.1) is 0 Å². The number of anilines is 2. The Morgan fingerprint density at radius 3 is 3.00 bits per heavy atom. The molecule has 2 N–H and O–H groups in total. The molecule has 6 heteroatoms. The Balaban J connectivity index is 1.74. The van der Waals surface area contributed by atoms with E-state index < -0.39 is 0 Å². The summed E-state index contributed by atoms with van der Waals surface area (Å²) in [6.07, 6.45) is 3.22. The van der Waals surface area contributed by atoms with Crippen LogP contribution in [-0.4, -0.2) is 29.7 Å². The first-order valence-electron chi connectivity index (χ1n) is 8.35. The van der Waals surface area contributed by atoms with E-state index in [4.69, 9.17) is 14.7 Å². The maximum atomic E-state index is 5.78. The lowest BCUT2D eigenvalue weighted by Crippen LogP contribution is -2.33. The minimum Gasteiger partial charge on any atom is -0.369 e. The van der Waals surface area contributed by atoms with Crippen LogP contribution < -0.4 is 10.6 Å². The smallest absolute Gasteiger partial charge is 0.188 e. The number of hydrogen-bond donors (Lipinski definition) is 2. The lowest BCUT2D eigenvalue weighted by molar-refractivity contribution is 0.0251. The summed E-state index contributed by atoms with van der Waals surface area (Å²) < 4.78 is 5.78. The maximum absolute atomic E-state index is 5.78. The fraction of sp³-hybridized carbons (Fsp3) is 0.529. The molecule has 1 fully saturated rings. The van der Waals surface area contributed by atoms with Crippen molar-refractivity contribution in [1.29, 1.82) is 0 Å². The molecule has 0 amide bonds. The summed E-state index contributed by atoms with van der Waals surface area (Å²) in [6.45, 7) is 6.83. The zero-order valence-electron chi connectivity index (χ0n) is 13.8. The maximum Gasteiger partial charge on any atom is 0.188 e. The number of nitrogens with one attached hydrogen (secondary N) is 2. The molecule has 124 valence electrons. The third kappa shape index (κ3) is 4.07. The van der Waals surface area contributed by atoms with E-state index in [-0.39, 0.29) is 6.10 Å². The largest absolute Gasteiger partial charge is 0.369 e. The molecule has 1 atom stereocenters. The molecule has 0 spiro atoms. The Morgan fingerprint density at radius 1 is 1.35 bits per heavy atom. The summed E-state index contributed by atoms with van der Waals surface area (Å²) in [5.41, 5.74) is 2.18. The first-order valence-corrected chi connectivity index (χ1v) is 9.16. The molecule has 0 bridgehead atoms. The van der Waals surface area contributed by atoms with Gasteiger partial charge in [-0.1, -0.05) is 26.3 Å². The van der Waals surface area contributed by atoms with E-state index >= 15 is 0 Å². The second kappa shape index (κ2) is 7.86. The van der Waals surface area contributed by atoms with Crippen LogP contribution in [0.3, 0.4) is 0 Å². The molecule has 2 aromatic heterocycles. The molecule has 1 saturated heterocycles. The number of morpholine rings is 1. The van der Waals surface area contributed by atoms with E-state index in [9.17, 15) is 0 Å². The Bertz CT molecular complexity index is 637. The van der Waals surface area contributed by atoms with Crippen molar-refractivity contribution in [3.05, 3.63) is 34.5 Å². The lowest BCUT2D eigenvalue weighted by Gasteiger charge is -2.23. The Morgan fingerprint density at radius 2 is 2.26 bits per heavy atom. The summed E-state index contributed by atoms with van der Waals surface area (Å²) in [7, 11) is 0. The van der Waals surface area contributed by atoms with E-state index in [0.29, 0.717) is 0 Å². The molecule has 0 aromatic carbocycles. The quantitative estimate of drug-likeness (QED) is 0.848. The molecule has 23 heavy (non-hydrogen) atoms. The number of thiazole rings is 1. The van der Waals surface area contributed by atoms with Crippen molar-refractivity contribution < 1.29 is 4.74 Å². The predicted octanol–water partition coefficient (Wildman–Crippen LogP) is 3.46. The standard InChI is InChI=1S/C17H24N4OS/c1-3-6-13-15(4-2)23-17(20-13)21-16-8-5-7-12(19-16)14-11-18-9-10-22-14/h5,7-8,14,18H,3-4,6,9-11H2,1-2H3,(H,19,20,21)/t14-/m0/s1. The number of hydrogen-bond acceptors (Lipinski definition) is 6. The number of rotatable bonds is 6. The molecule has 0 saturated carbocycles. The van der Waals surface area contributed by atoms with Gasteiger partial charge in [0.1, 0.15) is 11.9 Å². The molecule has 5 nitrogen and oxygen atoms in total. The summed E-state index contributed by atoms with van der Waals surface area (Å²) in [5, 5.41) is 7.62. The normalized spacial score (nSPS) is 18.1. The molecular weight excluding hydrogens is 308 g/mol. The second-order valence-corrected chi connectivity index (χ2v) is 6.71. The summed E-state index contributed by atoms with van der Waals surface area (Å²) in [4.78, 5) is 10.8. The fourth-order valence-corrected chi connectivity index (χ4v) is 3.67. The monoisotopic (exact) mass is 332 g/mol. The zero-order chi connectivity index (χ0) is 16.1. The van der Waals surface area contributed by atoms with E-state index in [1.165, 1.54) is 10.6 Å². The highest BCUT2D eigenvalue weighted by atomic mass is 32.1. The van der Waals surface area contributed by atoms with E-state index in [1.807, 2.05) is 18.2 Å². The molecule has 3 rings (SSSR count). The Kier molecular flexibility index (Phi) is 5.59. The van der Waals surface area contributed by atoms with Crippen molar-refractivity contribution in [2.45, 2.75) is 39.2 Å². The van der Waals surface area contributed by atoms with Gasteiger partial charge in [0.2, 0.25) is 0 Å². The summed E-state index contributed by atoms with van der Waals surface area (Å²) >= 11 is 1.73. The van der Waals surface area contributed by atoms with Gasteiger partial charge in [0.05, 0.1) is 18.0 Å². The Hall–Kier alpha value is -1.50. The van der Waals surface area contributed by atoms with Crippen molar-refractivity contribution >= 4 is 22.3 Å². The van der Waals surface area contributed by atoms with Crippen molar-refractivity contribution in [1.82, 2.24) is 15.3 Å². The number of aromatic nitrogens is 2. The highest BCUT2D eigenvalue weighted by Crippen LogP contribution is 2.27. The van der Waals surface area contributed by atoms with Crippen LogP contribution in [0.5, 0.6) is 0 Å². The molecule has 1 aliphatic heterocycles. The number of aryl methyl sites for hydroxylation is 2. The first-order chi connectivity index (χ1) is 11.3. The van der Waals surface area contributed by atoms with Gasteiger partial charge in [0, 0.05) is 18.0 Å². The average molecular weight is 332 g/mol. The molecule has 0 aliphatic carbocycles. The molecule has 0 radical (unpaired) electrons. The highest BCUT2D eigenvalue weighted by Gasteiger charge is 2.17. The van der Waals surface area contributed by atoms with Gasteiger partial charge in [-0.15, -0.1) is 11.3 Å². The number of pyridine rings is 1. The van der Waals surface area contributed by atoms with Crippen molar-refractivity contribution in [3.63, 3.8) is 0 Å². The minimum atomic E-state index is 0.0312. The highest BCUT2D eigenvalue weighted by molar-refractivity contribution is 7.15. The third-order valence-electron chi connectivity index (χ3n) is 3.85. The van der Waals surface area contributed by atoms with Gasteiger partial charge in [-0.3, -0.25) is 0 Å². The van der Waals surface area contributed by atoms with E-state index in [0.717, 1.165) is 55.6 Å². The van der Waals surface area contributed by atoms with Gasteiger partial charge in [0.25, 0.3) is 0 Å². The number of nitrogens with zero attached hydrogens (tertiary/aromatic N) is 2. The van der Waals surface area contributed by atoms with Crippen LogP contribution in [0.25, 0.3) is 0 Å². The molecule has 3 heterocycles. The molecule has 0 unspecified atom stereocenters. The van der Waals surface area contributed by atoms with Crippen molar-refractivity contribution in [2.75, 3.05) is 25.0 Å². The van der Waals surface area contributed by atoms with Gasteiger partial charge in [-0.25, -0.2) is 9.97 Å². The van der Waals surface area contributed by atoms with E-state index in [1.54, 1.807) is 11.3 Å². The SMILES string of the molecule is CCCc1nc(Nc2cccc([C@@H]3CNCCO3)n2)sc1CC. The van der Waals surface area contributed by atoms with Crippen LogP contribution in [-0.2, 0) is 17.6 Å². The lowest BCUT2D eigenvalue weighted by atomic mass is 10.2. The van der Waals surface area contributed by atoms with Gasteiger partial charge in [-0.05, 0) is 25.0 Å². The second-order valence-electron chi connectivity index (χ2n) is 5.63. The topological polar surface area (TPSA) is 59.1 Å².